The van der Waals surface area contributed by atoms with Gasteiger partial charge in [-0.3, -0.25) is 9.91 Å². The molecule has 3 rings (SSSR count). The normalized spacial score (nSPS) is 15.3. The molecule has 0 radical (unpaired) electrons. The molecule has 1 heterocycles. The molecule has 2 aromatic carbocycles. The number of rotatable bonds is 6. The molecular weight excluding hydrogens is 338 g/mol. The predicted molar refractivity (Wildman–Crippen MR) is 110 cm³/mol. The lowest BCUT2D eigenvalue weighted by molar-refractivity contribution is 0.131. The predicted octanol–water partition coefficient (Wildman–Crippen LogP) is 3.47. The first-order valence-electron chi connectivity index (χ1n) is 9.38. The van der Waals surface area contributed by atoms with Gasteiger partial charge in [-0.25, -0.2) is 0 Å². The number of benzene rings is 2. The van der Waals surface area contributed by atoms with Crippen LogP contribution in [0.4, 0.5) is 0 Å². The van der Waals surface area contributed by atoms with Gasteiger partial charge >= 0.3 is 0 Å². The summed E-state index contributed by atoms with van der Waals surface area (Å²) in [7, 11) is 3.34. The monoisotopic (exact) mass is 367 g/mol. The van der Waals surface area contributed by atoms with Gasteiger partial charge in [-0.2, -0.15) is 5.10 Å². The van der Waals surface area contributed by atoms with Gasteiger partial charge in [0, 0.05) is 38.3 Å². The minimum atomic E-state index is 0.799. The molecule has 0 spiro atoms. The summed E-state index contributed by atoms with van der Waals surface area (Å²) in [6.07, 6.45) is 1.86. The highest BCUT2D eigenvalue weighted by Gasteiger charge is 2.16. The van der Waals surface area contributed by atoms with Crippen molar-refractivity contribution in [1.29, 1.82) is 0 Å². The molecule has 0 saturated carbocycles. The largest absolute Gasteiger partial charge is 0.497 e. The summed E-state index contributed by atoms with van der Waals surface area (Å²) in [5.74, 6) is 1.60. The lowest BCUT2D eigenvalue weighted by Gasteiger charge is -2.33. The van der Waals surface area contributed by atoms with Crippen LogP contribution >= 0.6 is 0 Å². The van der Waals surface area contributed by atoms with Crippen LogP contribution < -0.4 is 9.47 Å². The molecule has 5 nitrogen and oxygen atoms in total. The quantitative estimate of drug-likeness (QED) is 0.733. The molecule has 0 unspecified atom stereocenters. The van der Waals surface area contributed by atoms with Crippen LogP contribution in [0, 0.1) is 13.8 Å². The zero-order valence-corrected chi connectivity index (χ0v) is 16.7. The molecular formula is C22H29N3O2. The average Bonchev–Trinajstić information content (AvgIpc) is 2.69. The number of methoxy groups -OCH3 is 2. The van der Waals surface area contributed by atoms with Crippen LogP contribution in [0.25, 0.3) is 0 Å². The zero-order valence-electron chi connectivity index (χ0n) is 16.7. The highest BCUT2D eigenvalue weighted by atomic mass is 16.5. The van der Waals surface area contributed by atoms with E-state index in [0.717, 1.165) is 49.8 Å². The minimum absolute atomic E-state index is 0.799. The summed E-state index contributed by atoms with van der Waals surface area (Å²) in [6.45, 7) is 9.23. The maximum atomic E-state index is 5.41. The van der Waals surface area contributed by atoms with Crippen LogP contribution in [-0.4, -0.2) is 56.5 Å². The van der Waals surface area contributed by atoms with Crippen molar-refractivity contribution in [3.63, 3.8) is 0 Å². The van der Waals surface area contributed by atoms with E-state index in [0.29, 0.717) is 0 Å². The van der Waals surface area contributed by atoms with Gasteiger partial charge < -0.3 is 9.47 Å². The van der Waals surface area contributed by atoms with Gasteiger partial charge in [0.2, 0.25) is 0 Å². The van der Waals surface area contributed by atoms with E-state index in [1.165, 1.54) is 16.7 Å². The fourth-order valence-electron chi connectivity index (χ4n) is 3.36. The Hall–Kier alpha value is -2.53. The Morgan fingerprint density at radius 2 is 1.74 bits per heavy atom. The molecule has 1 aliphatic heterocycles. The number of nitrogens with zero attached hydrogens (tertiary/aromatic N) is 3. The van der Waals surface area contributed by atoms with Gasteiger partial charge in [-0.1, -0.05) is 23.8 Å². The molecule has 2 aromatic rings. The van der Waals surface area contributed by atoms with E-state index in [9.17, 15) is 0 Å². The highest BCUT2D eigenvalue weighted by Crippen LogP contribution is 2.22. The minimum Gasteiger partial charge on any atom is -0.497 e. The van der Waals surface area contributed by atoms with E-state index in [4.69, 9.17) is 9.47 Å². The van der Waals surface area contributed by atoms with Crippen LogP contribution in [0.15, 0.2) is 41.5 Å². The summed E-state index contributed by atoms with van der Waals surface area (Å²) in [4.78, 5) is 2.50. The molecule has 5 heteroatoms. The number of ether oxygens (including phenoxy) is 2. The fraction of sp³-hybridized carbons (Fsp3) is 0.409. The van der Waals surface area contributed by atoms with Crippen LogP contribution in [-0.2, 0) is 6.54 Å². The third-order valence-corrected chi connectivity index (χ3v) is 5.04. The number of aryl methyl sites for hydroxylation is 2. The van der Waals surface area contributed by atoms with Crippen LogP contribution in [0.5, 0.6) is 11.5 Å². The molecule has 0 amide bonds. The average molecular weight is 367 g/mol. The van der Waals surface area contributed by atoms with E-state index >= 15 is 0 Å². The Balaban J connectivity index is 1.57. The molecule has 0 aliphatic carbocycles. The third-order valence-electron chi connectivity index (χ3n) is 5.04. The van der Waals surface area contributed by atoms with Crippen molar-refractivity contribution in [3.8, 4) is 11.5 Å². The molecule has 0 N–H and O–H groups in total. The van der Waals surface area contributed by atoms with Gasteiger partial charge in [-0.05, 0) is 43.2 Å². The van der Waals surface area contributed by atoms with Crippen LogP contribution in [0.1, 0.15) is 22.3 Å². The van der Waals surface area contributed by atoms with Gasteiger partial charge in [0.25, 0.3) is 0 Å². The molecule has 0 aromatic heterocycles. The van der Waals surface area contributed by atoms with Crippen molar-refractivity contribution in [1.82, 2.24) is 9.91 Å². The van der Waals surface area contributed by atoms with Gasteiger partial charge in [0.05, 0.1) is 20.4 Å². The second kappa shape index (κ2) is 8.91. The molecule has 1 aliphatic rings. The number of piperazine rings is 1. The van der Waals surface area contributed by atoms with Gasteiger partial charge in [0.1, 0.15) is 11.5 Å². The van der Waals surface area contributed by atoms with Crippen LogP contribution in [0.3, 0.4) is 0 Å². The van der Waals surface area contributed by atoms with E-state index in [1.54, 1.807) is 14.2 Å². The zero-order chi connectivity index (χ0) is 19.2. The summed E-state index contributed by atoms with van der Waals surface area (Å²) in [5, 5.41) is 6.78. The molecule has 27 heavy (non-hydrogen) atoms. The highest BCUT2D eigenvalue weighted by molar-refractivity contribution is 5.84. The first-order valence-corrected chi connectivity index (χ1v) is 9.38. The van der Waals surface area contributed by atoms with Gasteiger partial charge in [-0.15, -0.1) is 0 Å². The standard InChI is InChI=1S/C22H29N3O2/c1-17-5-6-19(18(2)13-17)16-24-9-11-25(12-10-24)23-15-20-14-21(26-3)7-8-22(20)27-4/h5-8,13-15H,9-12,16H2,1-4H3/b23-15-. The SMILES string of the molecule is COc1ccc(OC)c(/C=N\N2CCN(Cc3ccc(C)cc3C)CC2)c1. The topological polar surface area (TPSA) is 37.3 Å². The van der Waals surface area contributed by atoms with Crippen molar-refractivity contribution in [2.45, 2.75) is 20.4 Å². The lowest BCUT2D eigenvalue weighted by atomic mass is 10.1. The van der Waals surface area contributed by atoms with E-state index in [1.807, 2.05) is 24.4 Å². The molecule has 1 fully saturated rings. The van der Waals surface area contributed by atoms with Crippen molar-refractivity contribution >= 4 is 6.21 Å². The Labute approximate surface area is 162 Å². The Morgan fingerprint density at radius 3 is 2.41 bits per heavy atom. The van der Waals surface area contributed by atoms with E-state index < -0.39 is 0 Å². The third kappa shape index (κ3) is 5.01. The molecule has 144 valence electrons. The van der Waals surface area contributed by atoms with E-state index in [-0.39, 0.29) is 0 Å². The Kier molecular flexibility index (Phi) is 6.35. The van der Waals surface area contributed by atoms with Crippen molar-refractivity contribution in [2.24, 2.45) is 5.10 Å². The Bertz CT molecular complexity index is 796. The second-order valence-electron chi connectivity index (χ2n) is 7.01. The van der Waals surface area contributed by atoms with Crippen LogP contribution in [0.2, 0.25) is 0 Å². The maximum Gasteiger partial charge on any atom is 0.127 e. The first-order chi connectivity index (χ1) is 13.1. The number of hydrogen-bond acceptors (Lipinski definition) is 5. The Morgan fingerprint density at radius 1 is 0.963 bits per heavy atom. The van der Waals surface area contributed by atoms with Crippen molar-refractivity contribution < 1.29 is 9.47 Å². The summed E-state index contributed by atoms with van der Waals surface area (Å²) in [6, 6.07) is 12.5. The first kappa shape index (κ1) is 19.2. The second-order valence-corrected chi connectivity index (χ2v) is 7.01. The van der Waals surface area contributed by atoms with Gasteiger partial charge in [0.15, 0.2) is 0 Å². The summed E-state index contributed by atoms with van der Waals surface area (Å²) < 4.78 is 10.7. The number of hydrazone groups is 1. The lowest BCUT2D eigenvalue weighted by Crippen LogP contribution is -2.43. The summed E-state index contributed by atoms with van der Waals surface area (Å²) in [5.41, 5.74) is 5.04. The fourth-order valence-corrected chi connectivity index (χ4v) is 3.36. The van der Waals surface area contributed by atoms with Crippen molar-refractivity contribution in [3.05, 3.63) is 58.7 Å². The maximum absolute atomic E-state index is 5.41. The summed E-state index contributed by atoms with van der Waals surface area (Å²) >= 11 is 0. The number of hydrogen-bond donors (Lipinski definition) is 0. The molecule has 0 atom stereocenters. The smallest absolute Gasteiger partial charge is 0.127 e. The van der Waals surface area contributed by atoms with Crippen molar-refractivity contribution in [2.75, 3.05) is 40.4 Å². The molecule has 1 saturated heterocycles. The molecule has 0 bridgehead atoms. The van der Waals surface area contributed by atoms with E-state index in [2.05, 4.69) is 47.1 Å².